The minimum Gasteiger partial charge on any atom is -0.491 e. The van der Waals surface area contributed by atoms with Crippen LogP contribution in [0.5, 0.6) is 11.5 Å². The van der Waals surface area contributed by atoms with E-state index in [1.54, 1.807) is 0 Å². The highest BCUT2D eigenvalue weighted by Gasteiger charge is 2.18. The number of nitrogens with two attached hydrogens (primary N) is 1. The van der Waals surface area contributed by atoms with Crippen LogP contribution in [0.25, 0.3) is 0 Å². The van der Waals surface area contributed by atoms with Crippen molar-refractivity contribution < 1.29 is 18.3 Å². The van der Waals surface area contributed by atoms with E-state index in [0.717, 1.165) is 13.2 Å². The Morgan fingerprint density at radius 2 is 1.64 bits per heavy atom. The van der Waals surface area contributed by atoms with Gasteiger partial charge < -0.3 is 15.2 Å². The third kappa shape index (κ3) is 1.98. The number of hydrogen-bond acceptors (Lipinski definition) is 3. The molecule has 0 unspecified atom stereocenters. The fourth-order valence-corrected chi connectivity index (χ4v) is 0.997. The summed E-state index contributed by atoms with van der Waals surface area (Å²) in [4.78, 5) is 0. The summed E-state index contributed by atoms with van der Waals surface area (Å²) in [6.07, 6.45) is 0. The van der Waals surface area contributed by atoms with Crippen molar-refractivity contribution in [3.63, 3.8) is 0 Å². The average Bonchev–Trinajstić information content (AvgIpc) is 2.04. The molecule has 0 radical (unpaired) electrons. The van der Waals surface area contributed by atoms with E-state index in [9.17, 15) is 8.78 Å². The van der Waals surface area contributed by atoms with Gasteiger partial charge in [0.05, 0.1) is 19.9 Å². The predicted molar refractivity (Wildman–Crippen MR) is 51.1 cm³/mol. The molecule has 1 rings (SSSR count). The van der Waals surface area contributed by atoms with Crippen LogP contribution in [-0.4, -0.2) is 14.2 Å². The number of ether oxygens (including phenoxy) is 2. The van der Waals surface area contributed by atoms with E-state index in [-0.39, 0.29) is 23.8 Å². The molecule has 0 bridgehead atoms. The van der Waals surface area contributed by atoms with Gasteiger partial charge in [-0.3, -0.25) is 0 Å². The Balaban J connectivity index is 0.00000169. The summed E-state index contributed by atoms with van der Waals surface area (Å²) in [7, 11) is 2.41. The Kier molecular flexibility index (Phi) is 4.43. The number of rotatable bonds is 2. The molecule has 0 spiro atoms. The first-order chi connectivity index (χ1) is 6.11. The zero-order chi connectivity index (χ0) is 10.0. The maximum Gasteiger partial charge on any atom is 0.212 e. The highest BCUT2D eigenvalue weighted by Crippen LogP contribution is 2.34. The molecule has 6 heteroatoms. The van der Waals surface area contributed by atoms with Gasteiger partial charge >= 0.3 is 0 Å². The normalized spacial score (nSPS) is 9.14. The number of hydrogen-bond donors (Lipinski definition) is 1. The van der Waals surface area contributed by atoms with Gasteiger partial charge in [-0.1, -0.05) is 0 Å². The van der Waals surface area contributed by atoms with E-state index < -0.39 is 17.4 Å². The lowest BCUT2D eigenvalue weighted by Gasteiger charge is -2.09. The standard InChI is InChI=1S/C8H9F2NO2.ClH/c1-12-7-4(9)3-5(11)8(13-2)6(7)10;/h3H,11H2,1-2H3;1H. The predicted octanol–water partition coefficient (Wildman–Crippen LogP) is 1.99. The Morgan fingerprint density at radius 3 is 2.07 bits per heavy atom. The lowest BCUT2D eigenvalue weighted by Crippen LogP contribution is -2.00. The third-order valence-corrected chi connectivity index (χ3v) is 1.57. The van der Waals surface area contributed by atoms with Crippen LogP contribution in [0.3, 0.4) is 0 Å². The van der Waals surface area contributed by atoms with E-state index >= 15 is 0 Å². The first kappa shape index (κ1) is 12.8. The maximum atomic E-state index is 13.2. The SMILES string of the molecule is COc1c(N)cc(F)c(OC)c1F.Cl. The minimum absolute atomic E-state index is 0. The topological polar surface area (TPSA) is 44.5 Å². The van der Waals surface area contributed by atoms with Gasteiger partial charge in [0, 0.05) is 6.07 Å². The number of benzene rings is 1. The zero-order valence-electron chi connectivity index (χ0n) is 7.64. The van der Waals surface area contributed by atoms with Crippen LogP contribution in [0.15, 0.2) is 6.07 Å². The lowest BCUT2D eigenvalue weighted by atomic mass is 10.2. The van der Waals surface area contributed by atoms with E-state index in [2.05, 4.69) is 9.47 Å². The van der Waals surface area contributed by atoms with E-state index in [0.29, 0.717) is 0 Å². The van der Waals surface area contributed by atoms with Crippen molar-refractivity contribution in [2.45, 2.75) is 0 Å². The summed E-state index contributed by atoms with van der Waals surface area (Å²) in [6, 6.07) is 0.945. The second kappa shape index (κ2) is 4.85. The molecule has 2 N–H and O–H groups in total. The number of halogens is 3. The molecule has 0 aliphatic carbocycles. The van der Waals surface area contributed by atoms with Crippen molar-refractivity contribution in [3.8, 4) is 11.5 Å². The molecule has 0 heterocycles. The molecule has 80 valence electrons. The summed E-state index contributed by atoms with van der Waals surface area (Å²) in [5.41, 5.74) is 5.20. The van der Waals surface area contributed by atoms with E-state index in [4.69, 9.17) is 5.73 Å². The van der Waals surface area contributed by atoms with Gasteiger partial charge in [0.25, 0.3) is 0 Å². The summed E-state index contributed by atoms with van der Waals surface area (Å²) in [6.45, 7) is 0. The van der Waals surface area contributed by atoms with Crippen LogP contribution in [-0.2, 0) is 0 Å². The molecule has 0 saturated heterocycles. The van der Waals surface area contributed by atoms with Gasteiger partial charge in [-0.2, -0.15) is 4.39 Å². The fraction of sp³-hybridized carbons (Fsp3) is 0.250. The molecule has 0 saturated carbocycles. The Labute approximate surface area is 86.2 Å². The molecule has 3 nitrogen and oxygen atoms in total. The van der Waals surface area contributed by atoms with Gasteiger partial charge in [-0.25, -0.2) is 4.39 Å². The first-order valence-corrected chi connectivity index (χ1v) is 3.47. The van der Waals surface area contributed by atoms with Crippen molar-refractivity contribution in [1.82, 2.24) is 0 Å². The van der Waals surface area contributed by atoms with Crippen LogP contribution < -0.4 is 15.2 Å². The second-order valence-electron chi connectivity index (χ2n) is 2.33. The molecule has 0 aliphatic rings. The quantitative estimate of drug-likeness (QED) is 0.783. The minimum atomic E-state index is -0.928. The van der Waals surface area contributed by atoms with Gasteiger partial charge in [0.1, 0.15) is 0 Å². The van der Waals surface area contributed by atoms with Crippen molar-refractivity contribution >= 4 is 18.1 Å². The van der Waals surface area contributed by atoms with Crippen molar-refractivity contribution in [2.24, 2.45) is 0 Å². The van der Waals surface area contributed by atoms with Gasteiger partial charge in [0.15, 0.2) is 17.3 Å². The van der Waals surface area contributed by atoms with Crippen molar-refractivity contribution in [3.05, 3.63) is 17.7 Å². The first-order valence-electron chi connectivity index (χ1n) is 3.47. The molecule has 0 aliphatic heterocycles. The largest absolute Gasteiger partial charge is 0.491 e. The Hall–Kier alpha value is -1.23. The zero-order valence-corrected chi connectivity index (χ0v) is 8.45. The molecule has 1 aromatic rings. The molecular weight excluding hydrogens is 216 g/mol. The van der Waals surface area contributed by atoms with Crippen molar-refractivity contribution in [1.29, 1.82) is 0 Å². The van der Waals surface area contributed by atoms with E-state index in [1.165, 1.54) is 7.11 Å². The summed E-state index contributed by atoms with van der Waals surface area (Å²) in [5.74, 6) is -2.48. The monoisotopic (exact) mass is 225 g/mol. The third-order valence-electron chi connectivity index (χ3n) is 1.57. The van der Waals surface area contributed by atoms with E-state index in [1.807, 2.05) is 0 Å². The maximum absolute atomic E-state index is 13.2. The summed E-state index contributed by atoms with van der Waals surface area (Å²) < 4.78 is 35.3. The molecular formula is C8H10ClF2NO2. The average molecular weight is 226 g/mol. The Morgan fingerprint density at radius 1 is 1.14 bits per heavy atom. The van der Waals surface area contributed by atoms with Crippen LogP contribution >= 0.6 is 12.4 Å². The Bertz CT molecular complexity index is 305. The van der Waals surface area contributed by atoms with Crippen LogP contribution in [0.4, 0.5) is 14.5 Å². The van der Waals surface area contributed by atoms with Crippen LogP contribution in [0.1, 0.15) is 0 Å². The number of methoxy groups -OCH3 is 2. The number of nitrogen functional groups attached to an aromatic ring is 1. The molecule has 0 aromatic heterocycles. The smallest absolute Gasteiger partial charge is 0.212 e. The summed E-state index contributed by atoms with van der Waals surface area (Å²) >= 11 is 0. The molecule has 0 fully saturated rings. The molecule has 14 heavy (non-hydrogen) atoms. The highest BCUT2D eigenvalue weighted by molar-refractivity contribution is 5.85. The lowest BCUT2D eigenvalue weighted by molar-refractivity contribution is 0.335. The van der Waals surface area contributed by atoms with Crippen LogP contribution in [0.2, 0.25) is 0 Å². The van der Waals surface area contributed by atoms with Gasteiger partial charge in [0.2, 0.25) is 5.82 Å². The van der Waals surface area contributed by atoms with Gasteiger partial charge in [-0.05, 0) is 0 Å². The second-order valence-corrected chi connectivity index (χ2v) is 2.33. The molecule has 0 amide bonds. The molecule has 0 atom stereocenters. The highest BCUT2D eigenvalue weighted by atomic mass is 35.5. The number of anilines is 1. The fourth-order valence-electron chi connectivity index (χ4n) is 0.997. The van der Waals surface area contributed by atoms with Crippen molar-refractivity contribution in [2.75, 3.05) is 20.0 Å². The summed E-state index contributed by atoms with van der Waals surface area (Å²) in [5, 5.41) is 0. The molecule has 1 aromatic carbocycles. The van der Waals surface area contributed by atoms with Gasteiger partial charge in [-0.15, -0.1) is 12.4 Å². The van der Waals surface area contributed by atoms with Crippen LogP contribution in [0, 0.1) is 11.6 Å².